The normalized spacial score (nSPS) is 20.1. The fraction of sp³-hybridized carbons (Fsp3) is 0.667. The third-order valence-corrected chi connectivity index (χ3v) is 6.99. The summed E-state index contributed by atoms with van der Waals surface area (Å²) in [5, 5.41) is 0.725. The number of carbonyl (C=O) groups is 1. The van der Waals surface area contributed by atoms with E-state index < -0.39 is 0 Å². The second kappa shape index (κ2) is 7.95. The fourth-order valence-corrected chi connectivity index (χ4v) is 5.78. The van der Waals surface area contributed by atoms with Gasteiger partial charge in [0, 0.05) is 4.88 Å². The van der Waals surface area contributed by atoms with Crippen molar-refractivity contribution >= 4 is 27.5 Å². The Kier molecular flexibility index (Phi) is 5.56. The molecule has 0 radical (unpaired) electrons. The molecule has 2 aromatic rings. The first-order chi connectivity index (χ1) is 13.4. The lowest BCUT2D eigenvalue weighted by molar-refractivity contribution is -0.149. The summed E-state index contributed by atoms with van der Waals surface area (Å²) in [5.41, 5.74) is 1.07. The molecule has 0 saturated heterocycles. The van der Waals surface area contributed by atoms with Crippen molar-refractivity contribution in [1.29, 1.82) is 0 Å². The molecule has 0 aliphatic heterocycles. The van der Waals surface area contributed by atoms with Gasteiger partial charge in [-0.3, -0.25) is 14.2 Å². The maximum atomic E-state index is 13.4. The molecule has 1 unspecified atom stereocenters. The van der Waals surface area contributed by atoms with Crippen LogP contribution >= 0.6 is 11.3 Å². The average molecular weight is 404 g/mol. The van der Waals surface area contributed by atoms with Crippen molar-refractivity contribution in [3.8, 4) is 0 Å². The van der Waals surface area contributed by atoms with Crippen LogP contribution in [0.5, 0.6) is 0 Å². The number of fused-ring (bicyclic) bond motifs is 3. The first-order valence-electron chi connectivity index (χ1n) is 10.3. The Morgan fingerprint density at radius 3 is 2.75 bits per heavy atom. The number of thiophene rings is 1. The maximum Gasteiger partial charge on any atom is 0.326 e. The van der Waals surface area contributed by atoms with E-state index >= 15 is 0 Å². The molecule has 2 aliphatic carbocycles. The van der Waals surface area contributed by atoms with Gasteiger partial charge in [-0.2, -0.15) is 0 Å². The lowest BCUT2D eigenvalue weighted by Gasteiger charge is -2.18. The van der Waals surface area contributed by atoms with Crippen molar-refractivity contribution in [1.82, 2.24) is 14.5 Å². The minimum absolute atomic E-state index is 0.00702. The number of aryl methyl sites for hydroxylation is 1. The number of hydrogen-bond acceptors (Lipinski definition) is 6. The van der Waals surface area contributed by atoms with Gasteiger partial charge >= 0.3 is 5.97 Å². The summed E-state index contributed by atoms with van der Waals surface area (Å²) in [5.74, 6) is 0.954. The molecular formula is C21H29N3O3S. The predicted molar refractivity (Wildman–Crippen MR) is 111 cm³/mol. The van der Waals surface area contributed by atoms with Crippen molar-refractivity contribution in [3.63, 3.8) is 0 Å². The van der Waals surface area contributed by atoms with E-state index in [1.807, 2.05) is 19.0 Å². The van der Waals surface area contributed by atoms with Crippen LogP contribution in [0.4, 0.5) is 0 Å². The Morgan fingerprint density at radius 2 is 2.04 bits per heavy atom. The highest BCUT2D eigenvalue weighted by Gasteiger charge is 2.26. The van der Waals surface area contributed by atoms with Crippen LogP contribution in [0.2, 0.25) is 0 Å². The van der Waals surface area contributed by atoms with Crippen molar-refractivity contribution in [3.05, 3.63) is 26.6 Å². The van der Waals surface area contributed by atoms with E-state index in [2.05, 4.69) is 6.92 Å². The zero-order valence-electron chi connectivity index (χ0n) is 17.0. The average Bonchev–Trinajstić information content (AvgIpc) is 3.24. The van der Waals surface area contributed by atoms with Gasteiger partial charge in [0.05, 0.1) is 11.9 Å². The fourth-order valence-electron chi connectivity index (χ4n) is 4.39. The highest BCUT2D eigenvalue weighted by atomic mass is 32.1. The first kappa shape index (κ1) is 19.6. The minimum Gasteiger partial charge on any atom is -0.461 e. The van der Waals surface area contributed by atoms with Crippen molar-refractivity contribution < 1.29 is 9.53 Å². The zero-order valence-corrected chi connectivity index (χ0v) is 17.8. The predicted octanol–water partition coefficient (Wildman–Crippen LogP) is 3.13. The number of rotatable bonds is 5. The number of nitrogens with zero attached hydrogens (tertiary/aromatic N) is 3. The molecule has 0 aromatic carbocycles. The Hall–Kier alpha value is -1.73. The molecule has 0 N–H and O–H groups in total. The molecule has 2 aromatic heterocycles. The molecule has 2 aliphatic rings. The molecule has 0 amide bonds. The van der Waals surface area contributed by atoms with Gasteiger partial charge in [-0.05, 0) is 70.5 Å². The van der Waals surface area contributed by atoms with Gasteiger partial charge in [0.1, 0.15) is 23.3 Å². The molecule has 2 heterocycles. The second-order valence-corrected chi connectivity index (χ2v) is 9.67. The van der Waals surface area contributed by atoms with Gasteiger partial charge in [-0.15, -0.1) is 11.3 Å². The van der Waals surface area contributed by atoms with Crippen molar-refractivity contribution in [2.24, 2.45) is 5.92 Å². The van der Waals surface area contributed by atoms with Crippen LogP contribution in [0.3, 0.4) is 0 Å². The van der Waals surface area contributed by atoms with Crippen LogP contribution in [-0.4, -0.2) is 40.6 Å². The van der Waals surface area contributed by atoms with Gasteiger partial charge in [0.15, 0.2) is 0 Å². The summed E-state index contributed by atoms with van der Waals surface area (Å²) in [6.45, 7) is 2.72. The van der Waals surface area contributed by atoms with E-state index in [1.54, 1.807) is 15.9 Å². The Bertz CT molecular complexity index is 940. The van der Waals surface area contributed by atoms with E-state index in [0.717, 1.165) is 60.7 Å². The summed E-state index contributed by atoms with van der Waals surface area (Å²) in [7, 11) is 3.89. The maximum absolute atomic E-state index is 13.4. The van der Waals surface area contributed by atoms with Crippen molar-refractivity contribution in [2.45, 2.75) is 71.1 Å². The molecule has 6 nitrogen and oxygen atoms in total. The first-order valence-corrected chi connectivity index (χ1v) is 11.1. The number of carbonyl (C=O) groups excluding carboxylic acids is 1. The number of aromatic nitrogens is 2. The standard InChI is InChI=1S/C21H29N3O3S/c1-13-8-9-15-16(10-13)28-20-19(15)21(26)24(17(22-20)11-23(2)3)12-18(25)27-14-6-4-5-7-14/h13-14H,4-12H2,1-3H3. The van der Waals surface area contributed by atoms with Crippen LogP contribution in [0, 0.1) is 5.92 Å². The molecule has 0 spiro atoms. The number of esters is 1. The third kappa shape index (κ3) is 3.87. The number of hydrogen-bond donors (Lipinski definition) is 0. The molecule has 1 atom stereocenters. The van der Waals surface area contributed by atoms with Gasteiger partial charge in [0.25, 0.3) is 5.56 Å². The Morgan fingerprint density at radius 1 is 1.29 bits per heavy atom. The van der Waals surface area contributed by atoms with Gasteiger partial charge < -0.3 is 9.64 Å². The van der Waals surface area contributed by atoms with E-state index in [4.69, 9.17) is 9.72 Å². The molecule has 7 heteroatoms. The second-order valence-electron chi connectivity index (χ2n) is 8.59. The smallest absolute Gasteiger partial charge is 0.326 e. The zero-order chi connectivity index (χ0) is 19.8. The summed E-state index contributed by atoms with van der Waals surface area (Å²) < 4.78 is 7.16. The Labute approximate surface area is 169 Å². The Balaban J connectivity index is 1.72. The molecule has 152 valence electrons. The van der Waals surface area contributed by atoms with E-state index in [1.165, 1.54) is 4.88 Å². The quantitative estimate of drug-likeness (QED) is 0.718. The highest BCUT2D eigenvalue weighted by molar-refractivity contribution is 7.18. The van der Waals surface area contributed by atoms with Gasteiger partial charge in [-0.1, -0.05) is 6.92 Å². The third-order valence-electron chi connectivity index (χ3n) is 5.84. The molecule has 4 rings (SSSR count). The van der Waals surface area contributed by atoms with Crippen molar-refractivity contribution in [2.75, 3.05) is 14.1 Å². The van der Waals surface area contributed by atoms with Crippen LogP contribution in [0.15, 0.2) is 4.79 Å². The lowest BCUT2D eigenvalue weighted by atomic mass is 9.89. The van der Waals surface area contributed by atoms with Crippen LogP contribution in [-0.2, 0) is 35.5 Å². The van der Waals surface area contributed by atoms with Crippen LogP contribution < -0.4 is 5.56 Å². The summed E-state index contributed by atoms with van der Waals surface area (Å²) in [6.07, 6.45) is 7.12. The molecule has 0 bridgehead atoms. The summed E-state index contributed by atoms with van der Waals surface area (Å²) in [6, 6.07) is 0. The topological polar surface area (TPSA) is 64.4 Å². The number of ether oxygens (including phenoxy) is 1. The molecule has 28 heavy (non-hydrogen) atoms. The minimum atomic E-state index is -0.326. The summed E-state index contributed by atoms with van der Waals surface area (Å²) >= 11 is 1.65. The van der Waals surface area contributed by atoms with Crippen LogP contribution in [0.25, 0.3) is 10.2 Å². The monoisotopic (exact) mass is 403 g/mol. The van der Waals surface area contributed by atoms with E-state index in [-0.39, 0.29) is 24.2 Å². The SMILES string of the molecule is CC1CCc2c(sc3nc(CN(C)C)n(CC(=O)OC4CCCC4)c(=O)c23)C1. The summed E-state index contributed by atoms with van der Waals surface area (Å²) in [4.78, 5) is 34.9. The molecular weight excluding hydrogens is 374 g/mol. The van der Waals surface area contributed by atoms with Gasteiger partial charge in [-0.25, -0.2) is 4.98 Å². The molecule has 1 saturated carbocycles. The molecule has 1 fully saturated rings. The van der Waals surface area contributed by atoms with Gasteiger partial charge in [0.2, 0.25) is 0 Å². The lowest BCUT2D eigenvalue weighted by Crippen LogP contribution is -2.32. The highest BCUT2D eigenvalue weighted by Crippen LogP contribution is 2.35. The van der Waals surface area contributed by atoms with E-state index in [9.17, 15) is 9.59 Å². The van der Waals surface area contributed by atoms with Crippen LogP contribution in [0.1, 0.15) is 55.3 Å². The largest absolute Gasteiger partial charge is 0.461 e. The van der Waals surface area contributed by atoms with E-state index in [0.29, 0.717) is 18.3 Å².